The van der Waals surface area contributed by atoms with Gasteiger partial charge in [-0.25, -0.2) is 4.98 Å². The monoisotopic (exact) mass is 350 g/mol. The van der Waals surface area contributed by atoms with Gasteiger partial charge in [-0.05, 0) is 31.6 Å². The van der Waals surface area contributed by atoms with Crippen LogP contribution in [0.4, 0.5) is 0 Å². The summed E-state index contributed by atoms with van der Waals surface area (Å²) in [6.45, 7) is 4.45. The molecule has 3 aliphatic heterocycles. The summed E-state index contributed by atoms with van der Waals surface area (Å²) < 4.78 is 22.6. The van der Waals surface area contributed by atoms with Gasteiger partial charge < -0.3 is 23.5 Å². The molecule has 0 N–H and O–H groups in total. The summed E-state index contributed by atoms with van der Waals surface area (Å²) in [7, 11) is 0. The molecule has 0 saturated carbocycles. The molecular weight excluding hydrogens is 324 g/mol. The van der Waals surface area contributed by atoms with Crippen molar-refractivity contribution in [3.8, 4) is 0 Å². The minimum Gasteiger partial charge on any atom is -0.451 e. The lowest BCUT2D eigenvalue weighted by atomic mass is 9.89. The lowest BCUT2D eigenvalue weighted by molar-refractivity contribution is -0.0478. The number of nitrogens with zero attached hydrogens (tertiary/aromatic N) is 2. The van der Waals surface area contributed by atoms with Crippen LogP contribution in [0.5, 0.6) is 0 Å². The fourth-order valence-electron chi connectivity index (χ4n) is 4.13. The first-order valence-electron chi connectivity index (χ1n) is 9.25. The smallest absolute Gasteiger partial charge is 0.275 e. The molecule has 4 rings (SSSR count). The first-order valence-corrected chi connectivity index (χ1v) is 9.25. The fraction of sp³-hybridized carbons (Fsp3) is 0.778. The normalized spacial score (nSPS) is 30.9. The average molecular weight is 350 g/mol. The number of hydrogen-bond donors (Lipinski definition) is 0. The highest BCUT2D eigenvalue weighted by Crippen LogP contribution is 2.36. The van der Waals surface area contributed by atoms with Crippen LogP contribution in [-0.4, -0.2) is 67.0 Å². The van der Waals surface area contributed by atoms with E-state index in [4.69, 9.17) is 18.6 Å². The van der Waals surface area contributed by atoms with Crippen molar-refractivity contribution in [3.63, 3.8) is 0 Å². The standard InChI is InChI=1S/C18H26N2O5/c21-17(16-11-23-13-19-16)20-5-1-4-18(12-20)8-15(10-25-18)24-9-14-2-6-22-7-3-14/h11,13-15H,1-10,12H2/t15-,18+/m1/s1. The molecule has 138 valence electrons. The number of rotatable bonds is 4. The van der Waals surface area contributed by atoms with Gasteiger partial charge in [0, 0.05) is 26.2 Å². The van der Waals surface area contributed by atoms with Crippen molar-refractivity contribution in [1.29, 1.82) is 0 Å². The number of hydrogen-bond acceptors (Lipinski definition) is 6. The third-order valence-electron chi connectivity index (χ3n) is 5.56. The molecule has 2 atom stereocenters. The van der Waals surface area contributed by atoms with Gasteiger partial charge in [-0.3, -0.25) is 4.79 Å². The Morgan fingerprint density at radius 3 is 3.08 bits per heavy atom. The van der Waals surface area contributed by atoms with Crippen LogP contribution in [0.2, 0.25) is 0 Å². The molecule has 7 nitrogen and oxygen atoms in total. The third-order valence-corrected chi connectivity index (χ3v) is 5.56. The highest BCUT2D eigenvalue weighted by atomic mass is 16.6. The first-order chi connectivity index (χ1) is 12.2. The molecule has 4 heterocycles. The van der Waals surface area contributed by atoms with Crippen LogP contribution in [-0.2, 0) is 14.2 Å². The number of oxazole rings is 1. The summed E-state index contributed by atoms with van der Waals surface area (Å²) in [5.41, 5.74) is 0.0974. The molecule has 0 radical (unpaired) electrons. The van der Waals surface area contributed by atoms with Gasteiger partial charge in [-0.1, -0.05) is 0 Å². The van der Waals surface area contributed by atoms with Gasteiger partial charge in [-0.15, -0.1) is 0 Å². The predicted octanol–water partition coefficient (Wildman–Crippen LogP) is 1.88. The van der Waals surface area contributed by atoms with Crippen LogP contribution in [0.25, 0.3) is 0 Å². The zero-order valence-corrected chi connectivity index (χ0v) is 14.5. The molecule has 1 aromatic rings. The molecule has 1 aromatic heterocycles. The van der Waals surface area contributed by atoms with Crippen LogP contribution in [0.15, 0.2) is 17.1 Å². The SMILES string of the molecule is O=C(c1cocn1)N1CCC[C@]2(C[C@@H](OCC3CCOCC3)CO2)C1. The Kier molecular flexibility index (Phi) is 5.05. The summed E-state index contributed by atoms with van der Waals surface area (Å²) in [6, 6.07) is 0. The zero-order chi connectivity index (χ0) is 17.1. The molecule has 1 spiro atoms. The van der Waals surface area contributed by atoms with E-state index in [1.165, 1.54) is 12.7 Å². The van der Waals surface area contributed by atoms with Crippen molar-refractivity contribution >= 4 is 5.91 Å². The number of ether oxygens (including phenoxy) is 3. The van der Waals surface area contributed by atoms with Gasteiger partial charge in [0.25, 0.3) is 5.91 Å². The van der Waals surface area contributed by atoms with Crippen LogP contribution in [0, 0.1) is 5.92 Å². The highest BCUT2D eigenvalue weighted by molar-refractivity contribution is 5.92. The average Bonchev–Trinajstić information content (AvgIpc) is 3.31. The van der Waals surface area contributed by atoms with Gasteiger partial charge in [0.2, 0.25) is 0 Å². The van der Waals surface area contributed by atoms with E-state index >= 15 is 0 Å². The minimum absolute atomic E-state index is 0.0806. The second kappa shape index (κ2) is 7.43. The Morgan fingerprint density at radius 1 is 1.40 bits per heavy atom. The van der Waals surface area contributed by atoms with Crippen molar-refractivity contribution in [2.45, 2.75) is 43.8 Å². The van der Waals surface area contributed by atoms with Crippen LogP contribution in [0.1, 0.15) is 42.6 Å². The molecule has 1 amide bonds. The second-order valence-corrected chi connectivity index (χ2v) is 7.41. The fourth-order valence-corrected chi connectivity index (χ4v) is 4.13. The van der Waals surface area contributed by atoms with Gasteiger partial charge >= 0.3 is 0 Å². The van der Waals surface area contributed by atoms with Gasteiger partial charge in [0.15, 0.2) is 12.1 Å². The maximum absolute atomic E-state index is 12.5. The minimum atomic E-state index is -0.266. The molecule has 3 saturated heterocycles. The molecule has 0 unspecified atom stereocenters. The van der Waals surface area contributed by atoms with E-state index in [2.05, 4.69) is 4.98 Å². The van der Waals surface area contributed by atoms with E-state index in [0.717, 1.165) is 58.5 Å². The molecule has 7 heteroatoms. The predicted molar refractivity (Wildman–Crippen MR) is 88.2 cm³/mol. The van der Waals surface area contributed by atoms with Gasteiger partial charge in [0.1, 0.15) is 6.26 Å². The molecular formula is C18H26N2O5. The van der Waals surface area contributed by atoms with Gasteiger partial charge in [0.05, 0.1) is 31.5 Å². The number of amides is 1. The summed E-state index contributed by atoms with van der Waals surface area (Å²) in [4.78, 5) is 18.3. The summed E-state index contributed by atoms with van der Waals surface area (Å²) in [5.74, 6) is 0.518. The van der Waals surface area contributed by atoms with E-state index in [9.17, 15) is 4.79 Å². The van der Waals surface area contributed by atoms with Crippen LogP contribution in [0.3, 0.4) is 0 Å². The first kappa shape index (κ1) is 17.0. The number of carbonyl (C=O) groups is 1. The topological polar surface area (TPSA) is 74.0 Å². The maximum atomic E-state index is 12.5. The van der Waals surface area contributed by atoms with E-state index in [0.29, 0.717) is 24.8 Å². The molecule has 3 fully saturated rings. The van der Waals surface area contributed by atoms with Crippen LogP contribution < -0.4 is 0 Å². The molecule has 3 aliphatic rings. The summed E-state index contributed by atoms with van der Waals surface area (Å²) in [5, 5.41) is 0. The Balaban J connectivity index is 1.30. The highest BCUT2D eigenvalue weighted by Gasteiger charge is 2.45. The zero-order valence-electron chi connectivity index (χ0n) is 14.5. The Hall–Kier alpha value is -1.44. The van der Waals surface area contributed by atoms with Crippen molar-refractivity contribution in [3.05, 3.63) is 18.4 Å². The summed E-state index contributed by atoms with van der Waals surface area (Å²) >= 11 is 0. The van der Waals surface area contributed by atoms with Crippen molar-refractivity contribution in [2.75, 3.05) is 39.5 Å². The summed E-state index contributed by atoms with van der Waals surface area (Å²) in [6.07, 6.45) is 7.77. The van der Waals surface area contributed by atoms with Crippen molar-refractivity contribution < 1.29 is 23.4 Å². The Morgan fingerprint density at radius 2 is 2.28 bits per heavy atom. The van der Waals surface area contributed by atoms with Crippen molar-refractivity contribution in [1.82, 2.24) is 9.88 Å². The van der Waals surface area contributed by atoms with Crippen molar-refractivity contribution in [2.24, 2.45) is 5.92 Å². The van der Waals surface area contributed by atoms with Crippen LogP contribution >= 0.6 is 0 Å². The maximum Gasteiger partial charge on any atom is 0.275 e. The van der Waals surface area contributed by atoms with E-state index < -0.39 is 0 Å². The molecule has 0 aliphatic carbocycles. The lowest BCUT2D eigenvalue weighted by Crippen LogP contribution is -2.50. The second-order valence-electron chi connectivity index (χ2n) is 7.41. The Bertz CT molecular complexity index is 572. The molecule has 25 heavy (non-hydrogen) atoms. The van der Waals surface area contributed by atoms with E-state index in [-0.39, 0.29) is 17.6 Å². The molecule has 0 aromatic carbocycles. The Labute approximate surface area is 147 Å². The van der Waals surface area contributed by atoms with Gasteiger partial charge in [-0.2, -0.15) is 0 Å². The number of aromatic nitrogens is 1. The number of likely N-dealkylation sites (tertiary alicyclic amines) is 1. The largest absolute Gasteiger partial charge is 0.451 e. The molecule has 0 bridgehead atoms. The van der Waals surface area contributed by atoms with E-state index in [1.54, 1.807) is 0 Å². The quantitative estimate of drug-likeness (QED) is 0.825. The lowest BCUT2D eigenvalue weighted by Gasteiger charge is -2.39. The van der Waals surface area contributed by atoms with E-state index in [1.807, 2.05) is 4.90 Å². The number of piperidine rings is 1. The number of carbonyl (C=O) groups excluding carboxylic acids is 1. The third kappa shape index (κ3) is 3.88.